The maximum Gasteiger partial charge on any atom is 0.250 e. The van der Waals surface area contributed by atoms with Gasteiger partial charge in [-0.3, -0.25) is 9.79 Å². The van der Waals surface area contributed by atoms with Crippen molar-refractivity contribution in [3.05, 3.63) is 68.7 Å². The van der Waals surface area contributed by atoms with Gasteiger partial charge in [0.1, 0.15) is 5.54 Å². The first kappa shape index (κ1) is 18.2. The summed E-state index contributed by atoms with van der Waals surface area (Å²) in [5.74, 6) is 0.337. The molecular weight excluding hydrogens is 332 g/mol. The smallest absolute Gasteiger partial charge is 0.250 e. The number of aromatic nitrogens is 1. The molecular formula is C24H30N2O. The first-order chi connectivity index (χ1) is 13.0. The van der Waals surface area contributed by atoms with E-state index in [0.29, 0.717) is 5.92 Å². The zero-order valence-corrected chi connectivity index (χ0v) is 16.8. The molecule has 2 atom stereocenters. The van der Waals surface area contributed by atoms with Gasteiger partial charge in [0.2, 0.25) is 5.56 Å². The highest BCUT2D eigenvalue weighted by Gasteiger charge is 2.46. The summed E-state index contributed by atoms with van der Waals surface area (Å²) >= 11 is 0. The van der Waals surface area contributed by atoms with Crippen molar-refractivity contribution < 1.29 is 0 Å². The molecule has 3 heteroatoms. The zero-order valence-electron chi connectivity index (χ0n) is 16.8. The summed E-state index contributed by atoms with van der Waals surface area (Å²) in [4.78, 5) is 17.5. The van der Waals surface area contributed by atoms with E-state index in [1.54, 1.807) is 6.07 Å². The van der Waals surface area contributed by atoms with Gasteiger partial charge in [-0.15, -0.1) is 0 Å². The topological polar surface area (TPSA) is 34.4 Å². The molecule has 0 amide bonds. The molecule has 0 spiro atoms. The third-order valence-corrected chi connectivity index (χ3v) is 6.61. The molecule has 0 aliphatic heterocycles. The van der Waals surface area contributed by atoms with Crippen LogP contribution in [0.5, 0.6) is 0 Å². The van der Waals surface area contributed by atoms with Gasteiger partial charge in [-0.05, 0) is 63.7 Å². The summed E-state index contributed by atoms with van der Waals surface area (Å²) in [6.45, 7) is 4.35. The molecule has 1 heterocycles. The van der Waals surface area contributed by atoms with Crippen LogP contribution in [0, 0.1) is 5.92 Å². The van der Waals surface area contributed by atoms with Crippen LogP contribution in [0.25, 0.3) is 0 Å². The lowest BCUT2D eigenvalue weighted by Gasteiger charge is -2.45. The van der Waals surface area contributed by atoms with Gasteiger partial charge in [0.15, 0.2) is 0 Å². The van der Waals surface area contributed by atoms with Gasteiger partial charge >= 0.3 is 0 Å². The molecule has 142 valence electrons. The van der Waals surface area contributed by atoms with Crippen LogP contribution in [0.3, 0.4) is 0 Å². The summed E-state index contributed by atoms with van der Waals surface area (Å²) in [5, 5.41) is 0. The molecule has 2 bridgehead atoms. The van der Waals surface area contributed by atoms with Crippen LogP contribution in [0.1, 0.15) is 63.6 Å². The third-order valence-electron chi connectivity index (χ3n) is 6.61. The summed E-state index contributed by atoms with van der Waals surface area (Å²) < 4.78 is 1.83. The first-order valence-electron chi connectivity index (χ1n) is 10.3. The summed E-state index contributed by atoms with van der Waals surface area (Å²) in [5.41, 5.74) is 6.37. The predicted octanol–water partition coefficient (Wildman–Crippen LogP) is 5.01. The van der Waals surface area contributed by atoms with Crippen molar-refractivity contribution in [3.8, 4) is 0 Å². The van der Waals surface area contributed by atoms with Gasteiger partial charge in [-0.25, -0.2) is 0 Å². The minimum atomic E-state index is -0.358. The molecule has 1 saturated carbocycles. The monoisotopic (exact) mass is 362 g/mol. The van der Waals surface area contributed by atoms with Gasteiger partial charge in [0, 0.05) is 42.9 Å². The van der Waals surface area contributed by atoms with Crippen molar-refractivity contribution in [1.82, 2.24) is 4.57 Å². The number of fused-ring (bicyclic) bond motifs is 4. The van der Waals surface area contributed by atoms with E-state index in [1.165, 1.54) is 54.4 Å². The molecule has 27 heavy (non-hydrogen) atoms. The number of aliphatic imine (C=N–C) groups is 1. The van der Waals surface area contributed by atoms with E-state index in [4.69, 9.17) is 4.99 Å². The van der Waals surface area contributed by atoms with E-state index in [1.807, 2.05) is 17.7 Å². The van der Waals surface area contributed by atoms with Crippen LogP contribution in [0.4, 0.5) is 0 Å². The van der Waals surface area contributed by atoms with Gasteiger partial charge in [-0.2, -0.15) is 0 Å². The average molecular weight is 363 g/mol. The molecule has 0 radical (unpaired) electrons. The molecule has 0 N–H and O–H groups in total. The second-order valence-electron chi connectivity index (χ2n) is 8.36. The molecule has 3 aliphatic rings. The average Bonchev–Trinajstić information content (AvgIpc) is 2.65. The van der Waals surface area contributed by atoms with Crippen molar-refractivity contribution in [3.63, 3.8) is 0 Å². The second-order valence-corrected chi connectivity index (χ2v) is 8.36. The highest BCUT2D eigenvalue weighted by atomic mass is 16.1. The molecule has 1 aromatic heterocycles. The van der Waals surface area contributed by atoms with Crippen molar-refractivity contribution in [2.45, 2.75) is 64.3 Å². The van der Waals surface area contributed by atoms with Crippen molar-refractivity contribution in [2.24, 2.45) is 18.0 Å². The number of pyridine rings is 1. The van der Waals surface area contributed by atoms with Crippen molar-refractivity contribution in [1.29, 1.82) is 0 Å². The Morgan fingerprint density at radius 2 is 2.00 bits per heavy atom. The van der Waals surface area contributed by atoms with E-state index in [-0.39, 0.29) is 11.1 Å². The lowest BCUT2D eigenvalue weighted by molar-refractivity contribution is 0.405. The fourth-order valence-electron chi connectivity index (χ4n) is 5.32. The predicted molar refractivity (Wildman–Crippen MR) is 112 cm³/mol. The number of allylic oxidation sites excluding steroid dienone is 4. The van der Waals surface area contributed by atoms with E-state index >= 15 is 0 Å². The van der Waals surface area contributed by atoms with Crippen LogP contribution < -0.4 is 5.56 Å². The Bertz CT molecular complexity index is 920. The fraction of sp³-hybridized carbons (Fsp3) is 0.500. The zero-order chi connectivity index (χ0) is 19.0. The Morgan fingerprint density at radius 1 is 1.22 bits per heavy atom. The van der Waals surface area contributed by atoms with Gasteiger partial charge < -0.3 is 4.57 Å². The Hall–Kier alpha value is -2.16. The number of hydrogen-bond acceptors (Lipinski definition) is 2. The van der Waals surface area contributed by atoms with E-state index < -0.39 is 0 Å². The first-order valence-corrected chi connectivity index (χ1v) is 10.3. The van der Waals surface area contributed by atoms with Crippen LogP contribution in [-0.2, 0) is 19.0 Å². The minimum absolute atomic E-state index is 0.0694. The van der Waals surface area contributed by atoms with Gasteiger partial charge in [-0.1, -0.05) is 29.7 Å². The maximum absolute atomic E-state index is 12.2. The Morgan fingerprint density at radius 3 is 2.74 bits per heavy atom. The SMILES string of the molecule is C/C=C1\[C@H]2C=C(C)C[C@]1(N=CC=C1CCCCC1)c1ccc(=O)n(C)c1C2. The Kier molecular flexibility index (Phi) is 4.79. The standard InChI is InChI=1S/C24H30N2O/c1-4-20-19-14-17(2)16-24(20,25-13-12-18-8-6-5-7-9-18)21-10-11-23(27)26(3)22(21)15-19/h4,10-14,19H,5-9,15-16H2,1-3H3/b20-4+,25-13?/t19-,24+/m0/s1. The van der Waals surface area contributed by atoms with Gasteiger partial charge in [0.05, 0.1) is 0 Å². The van der Waals surface area contributed by atoms with Gasteiger partial charge in [0.25, 0.3) is 0 Å². The highest BCUT2D eigenvalue weighted by Crippen LogP contribution is 2.52. The van der Waals surface area contributed by atoms with Crippen molar-refractivity contribution >= 4 is 6.21 Å². The Labute approximate surface area is 162 Å². The number of hydrogen-bond donors (Lipinski definition) is 0. The molecule has 1 fully saturated rings. The maximum atomic E-state index is 12.2. The molecule has 0 aromatic carbocycles. The Balaban J connectivity index is 1.85. The fourth-order valence-corrected chi connectivity index (χ4v) is 5.32. The van der Waals surface area contributed by atoms with Crippen LogP contribution >= 0.6 is 0 Å². The quantitative estimate of drug-likeness (QED) is 0.538. The molecule has 3 nitrogen and oxygen atoms in total. The van der Waals surface area contributed by atoms with Crippen molar-refractivity contribution in [2.75, 3.05) is 0 Å². The van der Waals surface area contributed by atoms with E-state index in [2.05, 4.69) is 38.3 Å². The molecule has 1 aromatic rings. The molecule has 4 rings (SSSR count). The minimum Gasteiger partial charge on any atom is -0.315 e. The highest BCUT2D eigenvalue weighted by molar-refractivity contribution is 5.74. The third kappa shape index (κ3) is 3.07. The van der Waals surface area contributed by atoms with Crippen LogP contribution in [0.15, 0.2) is 56.9 Å². The molecule has 0 unspecified atom stereocenters. The second kappa shape index (κ2) is 7.10. The van der Waals surface area contributed by atoms with Crippen LogP contribution in [-0.4, -0.2) is 10.8 Å². The lowest BCUT2D eigenvalue weighted by Crippen LogP contribution is -2.42. The van der Waals surface area contributed by atoms with E-state index in [9.17, 15) is 4.79 Å². The summed E-state index contributed by atoms with van der Waals surface area (Å²) in [6, 6.07) is 3.73. The molecule has 3 aliphatic carbocycles. The number of nitrogens with zero attached hydrogens (tertiary/aromatic N) is 2. The lowest BCUT2D eigenvalue weighted by atomic mass is 9.63. The normalized spacial score (nSPS) is 29.0. The largest absolute Gasteiger partial charge is 0.315 e. The summed E-state index contributed by atoms with van der Waals surface area (Å²) in [6.07, 6.45) is 17.1. The summed E-state index contributed by atoms with van der Waals surface area (Å²) in [7, 11) is 1.90. The number of rotatable bonds is 2. The molecule has 0 saturated heterocycles. The van der Waals surface area contributed by atoms with Crippen LogP contribution in [0.2, 0.25) is 0 Å². The van der Waals surface area contributed by atoms with E-state index in [0.717, 1.165) is 18.5 Å².